The van der Waals surface area contributed by atoms with E-state index in [0.717, 1.165) is 11.4 Å². The molecule has 0 bridgehead atoms. The number of methoxy groups -OCH3 is 1. The van der Waals surface area contributed by atoms with E-state index in [1.54, 1.807) is 13.2 Å². The maximum Gasteiger partial charge on any atom is 0.339 e. The molecule has 0 atom stereocenters. The van der Waals surface area contributed by atoms with Gasteiger partial charge in [-0.1, -0.05) is 6.07 Å². The third kappa shape index (κ3) is 4.40. The topological polar surface area (TPSA) is 101 Å². The fraction of sp³-hybridized carbons (Fsp3) is 0.368. The van der Waals surface area contributed by atoms with Gasteiger partial charge in [0.2, 0.25) is 5.78 Å². The van der Waals surface area contributed by atoms with Gasteiger partial charge in [0.1, 0.15) is 0 Å². The van der Waals surface area contributed by atoms with Crippen molar-refractivity contribution in [2.75, 3.05) is 20.3 Å². The van der Waals surface area contributed by atoms with Crippen LogP contribution < -0.4 is 0 Å². The summed E-state index contributed by atoms with van der Waals surface area (Å²) in [5.74, 6) is -1.10. The number of carbonyl (C=O) groups is 2. The first-order valence-electron chi connectivity index (χ1n) is 8.38. The third-order valence-corrected chi connectivity index (χ3v) is 4.45. The first-order chi connectivity index (χ1) is 12.8. The maximum absolute atomic E-state index is 12.5. The lowest BCUT2D eigenvalue weighted by Crippen LogP contribution is -2.16. The first-order valence-corrected chi connectivity index (χ1v) is 8.38. The zero-order valence-electron chi connectivity index (χ0n) is 15.8. The Balaban J connectivity index is 2.11. The van der Waals surface area contributed by atoms with Crippen LogP contribution in [0.3, 0.4) is 0 Å². The summed E-state index contributed by atoms with van der Waals surface area (Å²) in [5, 5.41) is 11.0. The lowest BCUT2D eigenvalue weighted by molar-refractivity contribution is -0.385. The molecule has 0 unspecified atom stereocenters. The van der Waals surface area contributed by atoms with Crippen LogP contribution in [0.1, 0.15) is 37.7 Å². The van der Waals surface area contributed by atoms with Crippen LogP contribution in [0.5, 0.6) is 0 Å². The Bertz CT molecular complexity index is 885. The number of aryl methyl sites for hydroxylation is 1. The Hall–Kier alpha value is -3.00. The number of nitro benzene ring substituents is 1. The molecule has 0 saturated carbocycles. The van der Waals surface area contributed by atoms with Crippen LogP contribution >= 0.6 is 0 Å². The molecule has 0 aliphatic rings. The molecule has 2 aromatic rings. The summed E-state index contributed by atoms with van der Waals surface area (Å²) in [4.78, 5) is 35.1. The molecule has 27 heavy (non-hydrogen) atoms. The number of Topliss-reactive ketones (excluding diaryl/α,β-unsaturated/α-hetero) is 1. The predicted molar refractivity (Wildman–Crippen MR) is 98.2 cm³/mol. The number of hydrogen-bond donors (Lipinski definition) is 0. The molecule has 0 amide bonds. The molecular weight excluding hydrogens is 352 g/mol. The minimum atomic E-state index is -0.766. The van der Waals surface area contributed by atoms with Crippen molar-refractivity contribution in [3.8, 4) is 0 Å². The van der Waals surface area contributed by atoms with Gasteiger partial charge in [0, 0.05) is 42.2 Å². The molecule has 0 N–H and O–H groups in total. The van der Waals surface area contributed by atoms with Gasteiger partial charge in [0.15, 0.2) is 6.61 Å². The number of esters is 1. The predicted octanol–water partition coefficient (Wildman–Crippen LogP) is 3.01. The minimum absolute atomic E-state index is 0.0718. The van der Waals surface area contributed by atoms with Crippen LogP contribution in [0.25, 0.3) is 0 Å². The van der Waals surface area contributed by atoms with Crippen LogP contribution in [-0.2, 0) is 16.0 Å². The highest BCUT2D eigenvalue weighted by molar-refractivity contribution is 6.00. The van der Waals surface area contributed by atoms with Crippen molar-refractivity contribution in [1.29, 1.82) is 0 Å². The van der Waals surface area contributed by atoms with Crippen LogP contribution in [0.4, 0.5) is 5.69 Å². The molecule has 1 aromatic carbocycles. The van der Waals surface area contributed by atoms with Gasteiger partial charge in [-0.3, -0.25) is 14.9 Å². The zero-order chi connectivity index (χ0) is 20.1. The number of carbonyl (C=O) groups excluding carboxylic acids is 2. The number of hydrogen-bond acceptors (Lipinski definition) is 6. The van der Waals surface area contributed by atoms with E-state index in [1.165, 1.54) is 25.1 Å². The first kappa shape index (κ1) is 20.3. The summed E-state index contributed by atoms with van der Waals surface area (Å²) >= 11 is 0. The normalized spacial score (nSPS) is 10.7. The maximum atomic E-state index is 12.5. The monoisotopic (exact) mass is 374 g/mol. The Labute approximate surface area is 156 Å². The van der Waals surface area contributed by atoms with E-state index < -0.39 is 17.5 Å². The van der Waals surface area contributed by atoms with Gasteiger partial charge in [-0.05, 0) is 32.9 Å². The van der Waals surface area contributed by atoms with Crippen molar-refractivity contribution in [1.82, 2.24) is 4.57 Å². The molecule has 1 heterocycles. The summed E-state index contributed by atoms with van der Waals surface area (Å²) in [6, 6.07) is 5.91. The van der Waals surface area contributed by atoms with Crippen LogP contribution in [-0.4, -0.2) is 41.6 Å². The summed E-state index contributed by atoms with van der Waals surface area (Å²) in [6.07, 6.45) is 0. The SMILES string of the molecule is COCCn1c(C)cc(C(=O)COC(=O)c2cccc([N+](=O)[O-])c2C)c1C. The highest BCUT2D eigenvalue weighted by Crippen LogP contribution is 2.22. The number of ketones is 1. The summed E-state index contributed by atoms with van der Waals surface area (Å²) in [7, 11) is 1.61. The van der Waals surface area contributed by atoms with Gasteiger partial charge in [-0.25, -0.2) is 4.79 Å². The number of nitrogens with zero attached hydrogens (tertiary/aromatic N) is 2. The summed E-state index contributed by atoms with van der Waals surface area (Å²) in [5.41, 5.74) is 2.27. The average molecular weight is 374 g/mol. The number of rotatable bonds is 8. The summed E-state index contributed by atoms with van der Waals surface area (Å²) < 4.78 is 12.1. The van der Waals surface area contributed by atoms with E-state index >= 15 is 0 Å². The van der Waals surface area contributed by atoms with Crippen molar-refractivity contribution >= 4 is 17.4 Å². The number of aromatic nitrogens is 1. The molecule has 144 valence electrons. The number of benzene rings is 1. The van der Waals surface area contributed by atoms with Gasteiger partial charge >= 0.3 is 5.97 Å². The van der Waals surface area contributed by atoms with E-state index in [4.69, 9.17) is 9.47 Å². The van der Waals surface area contributed by atoms with E-state index in [0.29, 0.717) is 18.7 Å². The van der Waals surface area contributed by atoms with Gasteiger partial charge < -0.3 is 14.0 Å². The number of ether oxygens (including phenoxy) is 2. The van der Waals surface area contributed by atoms with Crippen molar-refractivity contribution < 1.29 is 24.0 Å². The molecule has 0 radical (unpaired) electrons. The van der Waals surface area contributed by atoms with Crippen LogP contribution in [0.2, 0.25) is 0 Å². The van der Waals surface area contributed by atoms with Crippen molar-refractivity contribution in [3.05, 3.63) is 62.5 Å². The Kier molecular flexibility index (Phi) is 6.46. The Morgan fingerprint density at radius 3 is 2.52 bits per heavy atom. The highest BCUT2D eigenvalue weighted by Gasteiger charge is 2.21. The zero-order valence-corrected chi connectivity index (χ0v) is 15.8. The molecular formula is C19H22N2O6. The van der Waals surface area contributed by atoms with Crippen molar-refractivity contribution in [2.24, 2.45) is 0 Å². The van der Waals surface area contributed by atoms with Crippen molar-refractivity contribution in [3.63, 3.8) is 0 Å². The third-order valence-electron chi connectivity index (χ3n) is 4.45. The molecule has 8 nitrogen and oxygen atoms in total. The number of nitro groups is 1. The van der Waals surface area contributed by atoms with E-state index in [9.17, 15) is 19.7 Å². The standard InChI is InChI=1S/C19H22N2O6/c1-12-10-16(14(3)20(12)8-9-26-4)18(22)11-27-19(23)15-6-5-7-17(13(15)2)21(24)25/h5-7,10H,8-9,11H2,1-4H3. The molecule has 8 heteroatoms. The van der Waals surface area contributed by atoms with Crippen LogP contribution in [0.15, 0.2) is 24.3 Å². The lowest BCUT2D eigenvalue weighted by Gasteiger charge is -2.09. The Morgan fingerprint density at radius 1 is 1.19 bits per heavy atom. The molecule has 2 rings (SSSR count). The highest BCUT2D eigenvalue weighted by atomic mass is 16.6. The fourth-order valence-electron chi connectivity index (χ4n) is 2.94. The second-order valence-electron chi connectivity index (χ2n) is 6.14. The van der Waals surface area contributed by atoms with Gasteiger partial charge in [0.05, 0.1) is 17.1 Å². The van der Waals surface area contributed by atoms with E-state index in [2.05, 4.69) is 0 Å². The van der Waals surface area contributed by atoms with Gasteiger partial charge in [-0.15, -0.1) is 0 Å². The quantitative estimate of drug-likeness (QED) is 0.305. The van der Waals surface area contributed by atoms with E-state index in [-0.39, 0.29) is 22.6 Å². The Morgan fingerprint density at radius 2 is 1.89 bits per heavy atom. The molecule has 0 saturated heterocycles. The van der Waals surface area contributed by atoms with Crippen molar-refractivity contribution in [2.45, 2.75) is 27.3 Å². The fourth-order valence-corrected chi connectivity index (χ4v) is 2.94. The molecule has 0 fully saturated rings. The second-order valence-corrected chi connectivity index (χ2v) is 6.14. The molecule has 1 aromatic heterocycles. The molecule has 0 spiro atoms. The van der Waals surface area contributed by atoms with Gasteiger partial charge in [-0.2, -0.15) is 0 Å². The smallest absolute Gasteiger partial charge is 0.339 e. The average Bonchev–Trinajstić information content (AvgIpc) is 2.91. The molecule has 0 aliphatic heterocycles. The second kappa shape index (κ2) is 8.59. The van der Waals surface area contributed by atoms with E-state index in [1.807, 2.05) is 18.4 Å². The largest absolute Gasteiger partial charge is 0.454 e. The lowest BCUT2D eigenvalue weighted by atomic mass is 10.1. The van der Waals surface area contributed by atoms with Crippen LogP contribution in [0, 0.1) is 30.9 Å². The minimum Gasteiger partial charge on any atom is -0.454 e. The van der Waals surface area contributed by atoms with Gasteiger partial charge in [0.25, 0.3) is 5.69 Å². The molecule has 0 aliphatic carbocycles. The summed E-state index contributed by atoms with van der Waals surface area (Å²) in [6.45, 7) is 5.88.